The Morgan fingerprint density at radius 3 is 2.41 bits per heavy atom. The van der Waals surface area contributed by atoms with Crippen LogP contribution < -0.4 is 9.47 Å². The summed E-state index contributed by atoms with van der Waals surface area (Å²) in [5.74, 6) is -0.733. The van der Waals surface area contributed by atoms with Gasteiger partial charge in [-0.2, -0.15) is 0 Å². The van der Waals surface area contributed by atoms with Crippen molar-refractivity contribution in [3.05, 3.63) is 23.8 Å². The van der Waals surface area contributed by atoms with Crippen molar-refractivity contribution in [3.63, 3.8) is 0 Å². The first-order valence-electron chi connectivity index (χ1n) is 5.14. The summed E-state index contributed by atoms with van der Waals surface area (Å²) in [5.41, 5.74) is 0.599. The molecular weight excluding hydrogens is 224 g/mol. The largest absolute Gasteiger partial charge is 0.497 e. The molecule has 0 aliphatic carbocycles. The molecule has 1 aromatic rings. The van der Waals surface area contributed by atoms with Gasteiger partial charge in [-0.15, -0.1) is 0 Å². The number of hydrogen-bond donors (Lipinski definition) is 2. The SMILES string of the molecule is COc1ccc(OC)c(C(C)C(O)C(=O)O)c1. The van der Waals surface area contributed by atoms with E-state index in [1.807, 2.05) is 0 Å². The summed E-state index contributed by atoms with van der Waals surface area (Å²) in [6.07, 6.45) is -1.48. The topological polar surface area (TPSA) is 76.0 Å². The lowest BCUT2D eigenvalue weighted by molar-refractivity contribution is -0.147. The molecule has 2 atom stereocenters. The van der Waals surface area contributed by atoms with E-state index in [0.717, 1.165) is 0 Å². The number of carboxylic acid groups (broad SMARTS) is 1. The maximum absolute atomic E-state index is 10.7. The highest BCUT2D eigenvalue weighted by atomic mass is 16.5. The molecule has 5 heteroatoms. The number of carbonyl (C=O) groups is 1. The second-order valence-corrected chi connectivity index (χ2v) is 3.68. The van der Waals surface area contributed by atoms with Crippen molar-refractivity contribution in [2.75, 3.05) is 14.2 Å². The van der Waals surface area contributed by atoms with Crippen molar-refractivity contribution in [3.8, 4) is 11.5 Å². The van der Waals surface area contributed by atoms with Crippen molar-refractivity contribution < 1.29 is 24.5 Å². The van der Waals surface area contributed by atoms with Gasteiger partial charge in [0.25, 0.3) is 0 Å². The van der Waals surface area contributed by atoms with Crippen LogP contribution in [0.5, 0.6) is 11.5 Å². The summed E-state index contributed by atoms with van der Waals surface area (Å²) >= 11 is 0. The van der Waals surface area contributed by atoms with Gasteiger partial charge in [0, 0.05) is 11.5 Å². The Morgan fingerprint density at radius 1 is 1.29 bits per heavy atom. The summed E-state index contributed by atoms with van der Waals surface area (Å²) in [6, 6.07) is 5.05. The lowest BCUT2D eigenvalue weighted by atomic mass is 9.94. The Morgan fingerprint density at radius 2 is 1.94 bits per heavy atom. The zero-order valence-corrected chi connectivity index (χ0v) is 10.0. The molecule has 1 aromatic carbocycles. The monoisotopic (exact) mass is 240 g/mol. The van der Waals surface area contributed by atoms with E-state index < -0.39 is 18.0 Å². The molecule has 0 amide bonds. The van der Waals surface area contributed by atoms with E-state index >= 15 is 0 Å². The number of aliphatic hydroxyl groups excluding tert-OH is 1. The van der Waals surface area contributed by atoms with Crippen molar-refractivity contribution in [1.29, 1.82) is 0 Å². The van der Waals surface area contributed by atoms with Gasteiger partial charge >= 0.3 is 5.97 Å². The molecule has 2 unspecified atom stereocenters. The molecule has 0 fully saturated rings. The van der Waals surface area contributed by atoms with Crippen LogP contribution in [0.1, 0.15) is 18.4 Å². The molecule has 0 aliphatic heterocycles. The quantitative estimate of drug-likeness (QED) is 0.810. The number of methoxy groups -OCH3 is 2. The molecular formula is C12H16O5. The fourth-order valence-electron chi connectivity index (χ4n) is 1.58. The first-order chi connectivity index (χ1) is 8.01. The van der Waals surface area contributed by atoms with Crippen LogP contribution in [0.2, 0.25) is 0 Å². The molecule has 0 aliphatic rings. The number of aliphatic carboxylic acids is 1. The molecule has 1 rings (SSSR count). The zero-order valence-electron chi connectivity index (χ0n) is 10.0. The van der Waals surface area contributed by atoms with Crippen molar-refractivity contribution in [2.24, 2.45) is 0 Å². The highest BCUT2D eigenvalue weighted by Gasteiger charge is 2.25. The third-order valence-corrected chi connectivity index (χ3v) is 2.65. The Hall–Kier alpha value is -1.75. The number of rotatable bonds is 5. The van der Waals surface area contributed by atoms with Crippen molar-refractivity contribution in [1.82, 2.24) is 0 Å². The third kappa shape index (κ3) is 2.88. The summed E-state index contributed by atoms with van der Waals surface area (Å²) in [7, 11) is 3.01. The van der Waals surface area contributed by atoms with Crippen LogP contribution in [0.3, 0.4) is 0 Å². The number of aliphatic hydroxyl groups is 1. The van der Waals surface area contributed by atoms with Crippen molar-refractivity contribution in [2.45, 2.75) is 18.9 Å². The van der Waals surface area contributed by atoms with E-state index in [2.05, 4.69) is 0 Å². The van der Waals surface area contributed by atoms with Gasteiger partial charge in [0.2, 0.25) is 0 Å². The fraction of sp³-hybridized carbons (Fsp3) is 0.417. The van der Waals surface area contributed by atoms with Gasteiger partial charge < -0.3 is 19.7 Å². The van der Waals surface area contributed by atoms with Crippen LogP contribution >= 0.6 is 0 Å². The minimum absolute atomic E-state index is 0.526. The lowest BCUT2D eigenvalue weighted by Crippen LogP contribution is -2.26. The summed E-state index contributed by atoms with van der Waals surface area (Å²) in [5, 5.41) is 18.3. The molecule has 94 valence electrons. The molecule has 0 saturated heterocycles. The number of hydrogen-bond acceptors (Lipinski definition) is 4. The van der Waals surface area contributed by atoms with Gasteiger partial charge in [0.15, 0.2) is 6.10 Å². The van der Waals surface area contributed by atoms with E-state index in [1.165, 1.54) is 14.2 Å². The van der Waals surface area contributed by atoms with Gasteiger partial charge in [-0.05, 0) is 18.2 Å². The second kappa shape index (κ2) is 5.54. The first-order valence-corrected chi connectivity index (χ1v) is 5.14. The van der Waals surface area contributed by atoms with E-state index in [0.29, 0.717) is 17.1 Å². The third-order valence-electron chi connectivity index (χ3n) is 2.65. The molecule has 0 spiro atoms. The van der Waals surface area contributed by atoms with Crippen LogP contribution in [0.25, 0.3) is 0 Å². The average Bonchev–Trinajstić information content (AvgIpc) is 2.35. The van der Waals surface area contributed by atoms with Crippen LogP contribution in [-0.2, 0) is 4.79 Å². The summed E-state index contributed by atoms with van der Waals surface area (Å²) in [4.78, 5) is 10.7. The molecule has 0 heterocycles. The number of ether oxygens (including phenoxy) is 2. The van der Waals surface area contributed by atoms with Gasteiger partial charge in [-0.3, -0.25) is 0 Å². The second-order valence-electron chi connectivity index (χ2n) is 3.68. The Kier molecular flexibility index (Phi) is 4.34. The average molecular weight is 240 g/mol. The molecule has 5 nitrogen and oxygen atoms in total. The molecule has 0 aromatic heterocycles. The Bertz CT molecular complexity index is 402. The normalized spacial score (nSPS) is 13.9. The fourth-order valence-corrected chi connectivity index (χ4v) is 1.58. The Balaban J connectivity index is 3.13. The summed E-state index contributed by atoms with van der Waals surface area (Å²) < 4.78 is 10.2. The minimum Gasteiger partial charge on any atom is -0.497 e. The van der Waals surface area contributed by atoms with E-state index in [9.17, 15) is 9.90 Å². The van der Waals surface area contributed by atoms with Gasteiger partial charge in [-0.1, -0.05) is 6.92 Å². The van der Waals surface area contributed by atoms with E-state index in [4.69, 9.17) is 14.6 Å². The van der Waals surface area contributed by atoms with Crippen LogP contribution in [-0.4, -0.2) is 36.5 Å². The summed E-state index contributed by atoms with van der Waals surface area (Å²) in [6.45, 7) is 1.62. The number of carboxylic acids is 1. The highest BCUT2D eigenvalue weighted by Crippen LogP contribution is 2.32. The molecule has 0 radical (unpaired) electrons. The molecule has 0 saturated carbocycles. The highest BCUT2D eigenvalue weighted by molar-refractivity contribution is 5.73. The van der Waals surface area contributed by atoms with Crippen LogP contribution in [0.15, 0.2) is 18.2 Å². The smallest absolute Gasteiger partial charge is 0.333 e. The lowest BCUT2D eigenvalue weighted by Gasteiger charge is -2.19. The minimum atomic E-state index is -1.48. The molecule has 2 N–H and O–H groups in total. The number of benzene rings is 1. The first kappa shape index (κ1) is 13.3. The molecule has 17 heavy (non-hydrogen) atoms. The molecule has 0 bridgehead atoms. The predicted octanol–water partition coefficient (Wildman–Crippen LogP) is 1.25. The van der Waals surface area contributed by atoms with Crippen LogP contribution in [0.4, 0.5) is 0 Å². The van der Waals surface area contributed by atoms with Crippen molar-refractivity contribution >= 4 is 5.97 Å². The van der Waals surface area contributed by atoms with E-state index in [-0.39, 0.29) is 0 Å². The van der Waals surface area contributed by atoms with Gasteiger partial charge in [0.1, 0.15) is 11.5 Å². The Labute approximate surface area is 99.6 Å². The zero-order chi connectivity index (χ0) is 13.0. The standard InChI is InChI=1S/C12H16O5/c1-7(11(13)12(14)15)9-6-8(16-2)4-5-10(9)17-3/h4-7,11,13H,1-3H3,(H,14,15). The maximum atomic E-state index is 10.7. The van der Waals surface area contributed by atoms with Gasteiger partial charge in [-0.25, -0.2) is 4.79 Å². The van der Waals surface area contributed by atoms with Gasteiger partial charge in [0.05, 0.1) is 14.2 Å². The van der Waals surface area contributed by atoms with E-state index in [1.54, 1.807) is 25.1 Å². The van der Waals surface area contributed by atoms with Crippen LogP contribution in [0, 0.1) is 0 Å². The maximum Gasteiger partial charge on any atom is 0.333 e. The predicted molar refractivity (Wildman–Crippen MR) is 61.6 cm³/mol.